The molecule has 0 saturated heterocycles. The maximum Gasteiger partial charge on any atom is 0.700 e. The van der Waals surface area contributed by atoms with Crippen LogP contribution in [0.3, 0.4) is 0 Å². The first-order valence-electron chi connectivity index (χ1n) is 3.81. The van der Waals surface area contributed by atoms with Crippen molar-refractivity contribution in [3.63, 3.8) is 0 Å². The predicted molar refractivity (Wildman–Crippen MR) is 47.9 cm³/mol. The summed E-state index contributed by atoms with van der Waals surface area (Å²) in [5.74, 6) is 0. The summed E-state index contributed by atoms with van der Waals surface area (Å²) in [6.45, 7) is 4.37. The Morgan fingerprint density at radius 1 is 1.29 bits per heavy atom. The van der Waals surface area contributed by atoms with Crippen LogP contribution in [0.15, 0.2) is 0 Å². The van der Waals surface area contributed by atoms with Gasteiger partial charge in [-0.15, -0.1) is 4.33 Å². The third-order valence-electron chi connectivity index (χ3n) is 1.76. The van der Waals surface area contributed by atoms with E-state index in [-0.39, 0.29) is 6.42 Å². The molecule has 14 heavy (non-hydrogen) atoms. The molecule has 0 aliphatic carbocycles. The standard InChI is InChI=1S/C5H14O7SSi/c1-4-5(2,3)13(6,7)11-12-14(8,9)10/h8-10H,4H2,1-3H3. The maximum atomic E-state index is 11.3. The molecule has 0 amide bonds. The zero-order valence-electron chi connectivity index (χ0n) is 8.09. The van der Waals surface area contributed by atoms with Crippen LogP contribution in [0.25, 0.3) is 0 Å². The fraction of sp³-hybridized carbons (Fsp3) is 1.00. The SMILES string of the molecule is CCC(C)(C)S(=O)(=O)OO[Si](O)(O)O. The molecule has 0 atom stereocenters. The van der Waals surface area contributed by atoms with Crippen molar-refractivity contribution in [1.29, 1.82) is 0 Å². The van der Waals surface area contributed by atoms with Crippen LogP contribution in [0.2, 0.25) is 0 Å². The summed E-state index contributed by atoms with van der Waals surface area (Å²) in [5, 5.41) is 0. The van der Waals surface area contributed by atoms with Crippen LogP contribution in [0.4, 0.5) is 0 Å². The van der Waals surface area contributed by atoms with Crippen molar-refractivity contribution in [3.8, 4) is 0 Å². The van der Waals surface area contributed by atoms with Crippen LogP contribution in [-0.2, 0) is 19.0 Å². The molecule has 9 heteroatoms. The number of rotatable bonds is 5. The van der Waals surface area contributed by atoms with Gasteiger partial charge in [-0.25, -0.2) is 0 Å². The molecule has 0 spiro atoms. The minimum atomic E-state index is -4.96. The van der Waals surface area contributed by atoms with Gasteiger partial charge in [0, 0.05) is 0 Å². The molecule has 0 aromatic rings. The summed E-state index contributed by atoms with van der Waals surface area (Å²) in [6.07, 6.45) is 0.246. The van der Waals surface area contributed by atoms with Crippen LogP contribution in [0.1, 0.15) is 27.2 Å². The maximum absolute atomic E-state index is 11.3. The molecule has 0 heterocycles. The van der Waals surface area contributed by atoms with Crippen molar-refractivity contribution >= 4 is 19.2 Å². The van der Waals surface area contributed by atoms with Gasteiger partial charge in [-0.1, -0.05) is 6.92 Å². The van der Waals surface area contributed by atoms with E-state index in [4.69, 9.17) is 14.4 Å². The Morgan fingerprint density at radius 2 is 1.71 bits per heavy atom. The molecule has 3 N–H and O–H groups in total. The minimum Gasteiger partial charge on any atom is -0.366 e. The number of hydrogen-bond donors (Lipinski definition) is 3. The van der Waals surface area contributed by atoms with Crippen molar-refractivity contribution in [2.45, 2.75) is 31.9 Å². The van der Waals surface area contributed by atoms with Crippen LogP contribution in [0, 0.1) is 0 Å². The zero-order valence-corrected chi connectivity index (χ0v) is 9.91. The van der Waals surface area contributed by atoms with Crippen molar-refractivity contribution in [1.82, 2.24) is 0 Å². The highest BCUT2D eigenvalue weighted by molar-refractivity contribution is 7.88. The largest absolute Gasteiger partial charge is 0.700 e. The van der Waals surface area contributed by atoms with E-state index in [0.717, 1.165) is 0 Å². The van der Waals surface area contributed by atoms with E-state index in [1.165, 1.54) is 13.8 Å². The number of hydrogen-bond acceptors (Lipinski definition) is 7. The van der Waals surface area contributed by atoms with Gasteiger partial charge in [0.15, 0.2) is 0 Å². The Kier molecular flexibility index (Phi) is 4.21. The summed E-state index contributed by atoms with van der Waals surface area (Å²) in [6, 6.07) is 0. The van der Waals surface area contributed by atoms with E-state index >= 15 is 0 Å². The first-order chi connectivity index (χ1) is 6.02. The quantitative estimate of drug-likeness (QED) is 0.319. The lowest BCUT2D eigenvalue weighted by atomic mass is 10.1. The molecule has 0 aromatic heterocycles. The van der Waals surface area contributed by atoms with Gasteiger partial charge in [0.25, 0.3) is 10.1 Å². The predicted octanol–water partition coefficient (Wildman–Crippen LogP) is -1.13. The van der Waals surface area contributed by atoms with Crippen molar-refractivity contribution in [3.05, 3.63) is 0 Å². The molecule has 0 fully saturated rings. The fourth-order valence-corrected chi connectivity index (χ4v) is 1.62. The lowest BCUT2D eigenvalue weighted by Gasteiger charge is -2.21. The molecule has 0 aromatic carbocycles. The van der Waals surface area contributed by atoms with E-state index in [0.29, 0.717) is 0 Å². The van der Waals surface area contributed by atoms with Crippen LogP contribution >= 0.6 is 0 Å². The zero-order chi connectivity index (χ0) is 11.6. The molecule has 0 aliphatic heterocycles. The van der Waals surface area contributed by atoms with Gasteiger partial charge >= 0.3 is 9.05 Å². The third-order valence-corrected chi connectivity index (χ3v) is 4.08. The topological polar surface area (TPSA) is 113 Å². The van der Waals surface area contributed by atoms with E-state index in [9.17, 15) is 8.42 Å². The van der Waals surface area contributed by atoms with E-state index in [1.54, 1.807) is 6.92 Å². The average molecular weight is 246 g/mol. The van der Waals surface area contributed by atoms with Crippen molar-refractivity contribution < 1.29 is 31.7 Å². The fourth-order valence-electron chi connectivity index (χ4n) is 0.359. The molecule has 0 aliphatic rings. The van der Waals surface area contributed by atoms with E-state index in [1.807, 2.05) is 0 Å². The molecule has 0 radical (unpaired) electrons. The Morgan fingerprint density at radius 3 is 2.00 bits per heavy atom. The second-order valence-electron chi connectivity index (χ2n) is 3.29. The molecule has 0 saturated carbocycles. The lowest BCUT2D eigenvalue weighted by Crippen LogP contribution is -2.42. The molecular weight excluding hydrogens is 232 g/mol. The van der Waals surface area contributed by atoms with Crippen LogP contribution in [-0.4, -0.2) is 36.6 Å². The van der Waals surface area contributed by atoms with Crippen LogP contribution in [0.5, 0.6) is 0 Å². The summed E-state index contributed by atoms with van der Waals surface area (Å²) in [5.41, 5.74) is 0. The Labute approximate surface area is 83.4 Å². The second kappa shape index (κ2) is 4.22. The van der Waals surface area contributed by atoms with E-state index < -0.39 is 23.9 Å². The van der Waals surface area contributed by atoms with Crippen molar-refractivity contribution in [2.75, 3.05) is 0 Å². The molecule has 0 rings (SSSR count). The molecule has 0 unspecified atom stereocenters. The second-order valence-corrected chi connectivity index (χ2v) is 6.76. The molecular formula is C5H14O7SSi. The third kappa shape index (κ3) is 4.00. The van der Waals surface area contributed by atoms with Gasteiger partial charge in [0.2, 0.25) is 0 Å². The van der Waals surface area contributed by atoms with Gasteiger partial charge in [0.1, 0.15) is 0 Å². The van der Waals surface area contributed by atoms with Crippen LogP contribution < -0.4 is 0 Å². The summed E-state index contributed by atoms with van der Waals surface area (Å²) >= 11 is 0. The van der Waals surface area contributed by atoms with Gasteiger partial charge in [-0.05, 0) is 20.3 Å². The van der Waals surface area contributed by atoms with Gasteiger partial charge in [-0.3, -0.25) is 0 Å². The highest BCUT2D eigenvalue weighted by atomic mass is 32.2. The smallest absolute Gasteiger partial charge is 0.366 e. The van der Waals surface area contributed by atoms with Gasteiger partial charge in [-0.2, -0.15) is 13.0 Å². The highest BCUT2D eigenvalue weighted by Crippen LogP contribution is 2.22. The summed E-state index contributed by atoms with van der Waals surface area (Å²) in [7, 11) is -9.07. The molecule has 0 bridgehead atoms. The Balaban J connectivity index is 4.53. The Hall–Kier alpha value is -0.0331. The normalized spacial score (nSPS) is 14.4. The van der Waals surface area contributed by atoms with E-state index in [2.05, 4.69) is 8.91 Å². The Bertz CT molecular complexity index is 277. The lowest BCUT2D eigenvalue weighted by molar-refractivity contribution is -0.174. The summed E-state index contributed by atoms with van der Waals surface area (Å²) in [4.78, 5) is 25.1. The summed E-state index contributed by atoms with van der Waals surface area (Å²) < 4.78 is 28.7. The first-order valence-corrected chi connectivity index (χ1v) is 6.96. The minimum absolute atomic E-state index is 0.246. The van der Waals surface area contributed by atoms with Gasteiger partial charge < -0.3 is 14.4 Å². The first kappa shape index (κ1) is 14.0. The average Bonchev–Trinajstić information content (AvgIpc) is 1.99. The van der Waals surface area contributed by atoms with Crippen molar-refractivity contribution in [2.24, 2.45) is 0 Å². The highest BCUT2D eigenvalue weighted by Gasteiger charge is 2.40. The monoisotopic (exact) mass is 246 g/mol. The molecule has 7 nitrogen and oxygen atoms in total. The van der Waals surface area contributed by atoms with Gasteiger partial charge in [0.05, 0.1) is 4.75 Å². The molecule has 86 valence electrons.